The van der Waals surface area contributed by atoms with Crippen molar-refractivity contribution in [3.8, 4) is 22.8 Å². The highest BCUT2D eigenvalue weighted by Crippen LogP contribution is 2.27. The summed E-state index contributed by atoms with van der Waals surface area (Å²) in [5, 5.41) is 3.51. The zero-order valence-corrected chi connectivity index (χ0v) is 16.8. The van der Waals surface area contributed by atoms with Gasteiger partial charge in [0.25, 0.3) is 5.56 Å². The Labute approximate surface area is 177 Å². The zero-order valence-electron chi connectivity index (χ0n) is 16.8. The minimum atomic E-state index is -0.199. The van der Waals surface area contributed by atoms with Crippen LogP contribution in [0.5, 0.6) is 11.5 Å². The minimum absolute atomic E-state index is 0.0398. The maximum absolute atomic E-state index is 12.8. The summed E-state index contributed by atoms with van der Waals surface area (Å²) < 4.78 is 7.65. The number of carbonyl (C=O) groups is 1. The van der Waals surface area contributed by atoms with Crippen molar-refractivity contribution >= 4 is 22.6 Å². The van der Waals surface area contributed by atoms with Gasteiger partial charge < -0.3 is 10.1 Å². The molecular weight excluding hydrogens is 394 g/mol. The SMILES string of the molecule is CC(=O)Nc1cc(Oc2ccc3nc(-c4cnc5n(c4=O)CCC5)ccc3c2)ccn1. The fourth-order valence-corrected chi connectivity index (χ4v) is 3.70. The standard InChI is InChI=1S/C23H19N5O3/c1-14(29)26-21-12-17(8-9-24-21)31-16-5-7-19-15(11-16)4-6-20(27-19)18-13-25-22-3-2-10-28(22)23(18)30/h4-9,11-13H,2-3,10H2,1H3,(H,24,26,29). The van der Waals surface area contributed by atoms with E-state index in [-0.39, 0.29) is 11.5 Å². The lowest BCUT2D eigenvalue weighted by molar-refractivity contribution is -0.114. The van der Waals surface area contributed by atoms with Crippen LogP contribution in [-0.2, 0) is 17.8 Å². The number of ether oxygens (including phenoxy) is 1. The van der Waals surface area contributed by atoms with Crippen molar-refractivity contribution in [3.05, 3.63) is 71.0 Å². The van der Waals surface area contributed by atoms with Crippen LogP contribution in [-0.4, -0.2) is 25.4 Å². The summed E-state index contributed by atoms with van der Waals surface area (Å²) in [6.45, 7) is 2.13. The Hall–Kier alpha value is -4.07. The molecule has 1 aliphatic rings. The van der Waals surface area contributed by atoms with Gasteiger partial charge in [-0.25, -0.2) is 15.0 Å². The fraction of sp³-hybridized carbons (Fsp3) is 0.174. The van der Waals surface area contributed by atoms with E-state index in [1.54, 1.807) is 29.1 Å². The molecule has 4 aromatic rings. The first kappa shape index (κ1) is 18.9. The van der Waals surface area contributed by atoms with Gasteiger partial charge in [-0.05, 0) is 36.8 Å². The number of carbonyl (C=O) groups excluding carboxylic acids is 1. The van der Waals surface area contributed by atoms with Crippen LogP contribution in [0, 0.1) is 0 Å². The van der Waals surface area contributed by atoms with Crippen molar-refractivity contribution < 1.29 is 9.53 Å². The lowest BCUT2D eigenvalue weighted by Crippen LogP contribution is -2.22. The first-order valence-corrected chi connectivity index (χ1v) is 9.98. The van der Waals surface area contributed by atoms with Crippen molar-refractivity contribution in [2.24, 2.45) is 0 Å². The van der Waals surface area contributed by atoms with E-state index in [1.165, 1.54) is 6.92 Å². The number of hydrogen-bond donors (Lipinski definition) is 1. The van der Waals surface area contributed by atoms with Crippen LogP contribution < -0.4 is 15.6 Å². The molecule has 0 spiro atoms. The molecule has 0 fully saturated rings. The summed E-state index contributed by atoms with van der Waals surface area (Å²) in [7, 11) is 0. The molecule has 0 unspecified atom stereocenters. The van der Waals surface area contributed by atoms with Crippen LogP contribution in [0.4, 0.5) is 5.82 Å². The molecule has 5 rings (SSSR count). The Morgan fingerprint density at radius 2 is 1.97 bits per heavy atom. The molecule has 0 aliphatic carbocycles. The lowest BCUT2D eigenvalue weighted by atomic mass is 10.1. The van der Waals surface area contributed by atoms with E-state index < -0.39 is 0 Å². The average Bonchev–Trinajstić information content (AvgIpc) is 3.23. The number of rotatable bonds is 4. The molecule has 1 aliphatic heterocycles. The largest absolute Gasteiger partial charge is 0.457 e. The van der Waals surface area contributed by atoms with E-state index in [9.17, 15) is 9.59 Å². The Morgan fingerprint density at radius 1 is 1.10 bits per heavy atom. The van der Waals surface area contributed by atoms with Crippen LogP contribution in [0.25, 0.3) is 22.2 Å². The number of pyridine rings is 2. The number of aryl methyl sites for hydroxylation is 1. The van der Waals surface area contributed by atoms with Crippen LogP contribution >= 0.6 is 0 Å². The molecule has 0 bridgehead atoms. The third kappa shape index (κ3) is 3.75. The van der Waals surface area contributed by atoms with Gasteiger partial charge in [0, 0.05) is 43.7 Å². The van der Waals surface area contributed by atoms with Crippen molar-refractivity contribution in [2.45, 2.75) is 26.3 Å². The molecule has 0 saturated carbocycles. The third-order valence-corrected chi connectivity index (χ3v) is 5.12. The monoisotopic (exact) mass is 413 g/mol. The summed E-state index contributed by atoms with van der Waals surface area (Å²) in [4.78, 5) is 37.2. The molecule has 3 aromatic heterocycles. The first-order valence-electron chi connectivity index (χ1n) is 9.98. The summed E-state index contributed by atoms with van der Waals surface area (Å²) in [5.41, 5.74) is 1.83. The third-order valence-electron chi connectivity index (χ3n) is 5.12. The molecule has 0 radical (unpaired) electrons. The molecular formula is C23H19N5O3. The Morgan fingerprint density at radius 3 is 2.84 bits per heavy atom. The molecule has 0 saturated heterocycles. The second-order valence-electron chi connectivity index (χ2n) is 7.36. The summed E-state index contributed by atoms with van der Waals surface area (Å²) in [5.74, 6) is 2.25. The minimum Gasteiger partial charge on any atom is -0.457 e. The smallest absolute Gasteiger partial charge is 0.262 e. The molecule has 8 heteroatoms. The molecule has 4 heterocycles. The van der Waals surface area contributed by atoms with E-state index in [2.05, 4.69) is 20.3 Å². The molecule has 1 aromatic carbocycles. The van der Waals surface area contributed by atoms with Crippen molar-refractivity contribution in [1.29, 1.82) is 0 Å². The van der Waals surface area contributed by atoms with E-state index in [0.29, 0.717) is 35.1 Å². The average molecular weight is 413 g/mol. The number of nitrogens with one attached hydrogen (secondary N) is 1. The Balaban J connectivity index is 1.44. The van der Waals surface area contributed by atoms with Gasteiger partial charge in [-0.15, -0.1) is 0 Å². The zero-order chi connectivity index (χ0) is 21.4. The molecule has 31 heavy (non-hydrogen) atoms. The number of aromatic nitrogens is 4. The normalized spacial score (nSPS) is 12.5. The highest BCUT2D eigenvalue weighted by molar-refractivity contribution is 5.87. The van der Waals surface area contributed by atoms with Crippen LogP contribution in [0.1, 0.15) is 19.2 Å². The highest BCUT2D eigenvalue weighted by Gasteiger charge is 2.17. The van der Waals surface area contributed by atoms with Crippen molar-refractivity contribution in [2.75, 3.05) is 5.32 Å². The highest BCUT2D eigenvalue weighted by atomic mass is 16.5. The number of nitrogens with zero attached hydrogens (tertiary/aromatic N) is 4. The van der Waals surface area contributed by atoms with Gasteiger partial charge in [0.1, 0.15) is 23.1 Å². The summed E-state index contributed by atoms with van der Waals surface area (Å²) >= 11 is 0. The lowest BCUT2D eigenvalue weighted by Gasteiger charge is -2.09. The molecule has 1 N–H and O–H groups in total. The summed E-state index contributed by atoms with van der Waals surface area (Å²) in [6, 6.07) is 12.6. The van der Waals surface area contributed by atoms with Gasteiger partial charge >= 0.3 is 0 Å². The molecule has 154 valence electrons. The van der Waals surface area contributed by atoms with Crippen molar-refractivity contribution in [3.63, 3.8) is 0 Å². The van der Waals surface area contributed by atoms with E-state index in [4.69, 9.17) is 4.74 Å². The molecule has 1 amide bonds. The predicted octanol–water partition coefficient (Wildman–Crippen LogP) is 3.55. The number of hydrogen-bond acceptors (Lipinski definition) is 6. The Kier molecular flexibility index (Phi) is 4.66. The van der Waals surface area contributed by atoms with Gasteiger partial charge in [-0.1, -0.05) is 6.07 Å². The van der Waals surface area contributed by atoms with E-state index in [0.717, 1.165) is 29.6 Å². The van der Waals surface area contributed by atoms with Gasteiger partial charge in [0.2, 0.25) is 5.91 Å². The van der Waals surface area contributed by atoms with Gasteiger partial charge in [-0.3, -0.25) is 14.2 Å². The predicted molar refractivity (Wildman–Crippen MR) is 116 cm³/mol. The van der Waals surface area contributed by atoms with Crippen LogP contribution in [0.15, 0.2) is 59.7 Å². The van der Waals surface area contributed by atoms with Gasteiger partial charge in [0.05, 0.1) is 16.8 Å². The molecule has 0 atom stereocenters. The maximum Gasteiger partial charge on any atom is 0.262 e. The maximum atomic E-state index is 12.8. The second-order valence-corrected chi connectivity index (χ2v) is 7.36. The van der Waals surface area contributed by atoms with Gasteiger partial charge in [0.15, 0.2) is 0 Å². The quantitative estimate of drug-likeness (QED) is 0.549. The summed E-state index contributed by atoms with van der Waals surface area (Å²) in [6.07, 6.45) is 4.98. The van der Waals surface area contributed by atoms with Gasteiger partial charge in [-0.2, -0.15) is 0 Å². The van der Waals surface area contributed by atoms with Crippen molar-refractivity contribution in [1.82, 2.24) is 19.5 Å². The van der Waals surface area contributed by atoms with Crippen LogP contribution in [0.3, 0.4) is 0 Å². The second kappa shape index (κ2) is 7.64. The number of benzene rings is 1. The fourth-order valence-electron chi connectivity index (χ4n) is 3.70. The first-order chi connectivity index (χ1) is 15.1. The number of amides is 1. The number of anilines is 1. The van der Waals surface area contributed by atoms with E-state index in [1.807, 2.05) is 30.3 Å². The molecule has 8 nitrogen and oxygen atoms in total. The van der Waals surface area contributed by atoms with E-state index >= 15 is 0 Å². The number of fused-ring (bicyclic) bond motifs is 2. The topological polar surface area (TPSA) is 99.0 Å². The van der Waals surface area contributed by atoms with Crippen LogP contribution in [0.2, 0.25) is 0 Å². The Bertz CT molecular complexity index is 1380.